The average Bonchev–Trinajstić information content (AvgIpc) is 3.52. The molecule has 0 spiro atoms. The molecular weight excluding hydrogens is 448 g/mol. The summed E-state index contributed by atoms with van der Waals surface area (Å²) >= 11 is 1.64. The van der Waals surface area contributed by atoms with Crippen molar-refractivity contribution in [3.8, 4) is 22.8 Å². The topological polar surface area (TPSA) is 68.6 Å². The lowest BCUT2D eigenvalue weighted by Gasteiger charge is -2.50. The molecule has 2 aromatic heterocycles. The number of hydrogen-bond donors (Lipinski definition) is 1. The molecule has 3 fully saturated rings. The molecule has 1 amide bonds. The van der Waals surface area contributed by atoms with Gasteiger partial charge in [-0.25, -0.2) is 0 Å². The number of nitrogens with one attached hydrogen (secondary N) is 1. The Bertz CT molecular complexity index is 1140. The van der Waals surface area contributed by atoms with E-state index in [1.54, 1.807) is 25.6 Å². The Morgan fingerprint density at radius 1 is 1.21 bits per heavy atom. The molecule has 0 aliphatic carbocycles. The summed E-state index contributed by atoms with van der Waals surface area (Å²) in [6, 6.07) is 12.6. The lowest BCUT2D eigenvalue weighted by Crippen LogP contribution is -2.56. The van der Waals surface area contributed by atoms with Gasteiger partial charge in [-0.3, -0.25) is 14.4 Å². The van der Waals surface area contributed by atoms with Crippen LogP contribution in [0.2, 0.25) is 0 Å². The Labute approximate surface area is 204 Å². The third-order valence-corrected chi connectivity index (χ3v) is 8.18. The highest BCUT2D eigenvalue weighted by molar-refractivity contribution is 7.10. The third-order valence-electron chi connectivity index (χ3n) is 7.30. The van der Waals surface area contributed by atoms with Crippen LogP contribution in [-0.4, -0.2) is 60.5 Å². The standard InChI is InChI=1S/C26H32N4O3S/c1-29-23(14-22(28-29)18-6-7-24(32-2)25(12-18)33-3)21-16-30-9-8-17(21)11-19(30)15-27-26(31)13-20-5-4-10-34-20/h4-7,10,12,14,17,19,21H,8-9,11,13,15-16H2,1-3H3,(H,27,31)/t17-,19+,21+/m0/s1. The molecule has 3 aliphatic heterocycles. The lowest BCUT2D eigenvalue weighted by atomic mass is 9.74. The van der Waals surface area contributed by atoms with Crippen LogP contribution in [0, 0.1) is 5.92 Å². The summed E-state index contributed by atoms with van der Waals surface area (Å²) in [4.78, 5) is 16.0. The Balaban J connectivity index is 1.25. The number of thiophene rings is 1. The van der Waals surface area contributed by atoms with E-state index in [1.165, 1.54) is 12.1 Å². The van der Waals surface area contributed by atoms with Gasteiger partial charge in [0.15, 0.2) is 11.5 Å². The zero-order valence-corrected chi connectivity index (χ0v) is 20.8. The first-order valence-corrected chi connectivity index (χ1v) is 12.7. The van der Waals surface area contributed by atoms with E-state index in [4.69, 9.17) is 14.6 Å². The van der Waals surface area contributed by atoms with Gasteiger partial charge in [-0.2, -0.15) is 5.10 Å². The summed E-state index contributed by atoms with van der Waals surface area (Å²) < 4.78 is 12.9. The molecule has 180 valence electrons. The normalized spacial score (nSPS) is 23.6. The van der Waals surface area contributed by atoms with E-state index in [1.807, 2.05) is 47.4 Å². The first-order chi connectivity index (χ1) is 16.6. The van der Waals surface area contributed by atoms with Crippen LogP contribution in [0.1, 0.15) is 29.3 Å². The van der Waals surface area contributed by atoms with Gasteiger partial charge in [-0.05, 0) is 61.0 Å². The molecule has 2 bridgehead atoms. The largest absolute Gasteiger partial charge is 0.493 e. The number of aryl methyl sites for hydroxylation is 1. The first kappa shape index (κ1) is 22.9. The number of piperidine rings is 3. The van der Waals surface area contributed by atoms with Gasteiger partial charge in [-0.1, -0.05) is 6.07 Å². The minimum absolute atomic E-state index is 0.118. The average molecular weight is 481 g/mol. The number of amides is 1. The molecule has 6 rings (SSSR count). The van der Waals surface area contributed by atoms with Crippen molar-refractivity contribution in [3.63, 3.8) is 0 Å². The number of hydrogen-bond acceptors (Lipinski definition) is 6. The molecule has 0 radical (unpaired) electrons. The first-order valence-electron chi connectivity index (χ1n) is 11.8. The van der Waals surface area contributed by atoms with Crippen LogP contribution in [-0.2, 0) is 18.3 Å². The monoisotopic (exact) mass is 480 g/mol. The summed E-state index contributed by atoms with van der Waals surface area (Å²) in [5.41, 5.74) is 3.25. The Morgan fingerprint density at radius 2 is 2.06 bits per heavy atom. The summed E-state index contributed by atoms with van der Waals surface area (Å²) in [7, 11) is 5.34. The number of ether oxygens (including phenoxy) is 2. The number of aromatic nitrogens is 2. The number of carbonyl (C=O) groups excluding carboxylic acids is 1. The highest BCUT2D eigenvalue weighted by Gasteiger charge is 2.41. The van der Waals surface area contributed by atoms with Crippen molar-refractivity contribution in [1.29, 1.82) is 0 Å². The SMILES string of the molecule is COc1ccc(-c2cc([C@@H]3CN4CC[C@H]3C[C@@H]4CNC(=O)Cc3cccs3)n(C)n2)cc1OC. The fourth-order valence-electron chi connectivity index (χ4n) is 5.52. The molecule has 1 N–H and O–H groups in total. The molecule has 3 saturated heterocycles. The second-order valence-electron chi connectivity index (χ2n) is 9.25. The minimum atomic E-state index is 0.118. The predicted octanol–water partition coefficient (Wildman–Crippen LogP) is 3.70. The zero-order valence-electron chi connectivity index (χ0n) is 20.0. The molecule has 3 aromatic rings. The van der Waals surface area contributed by atoms with Crippen molar-refractivity contribution in [2.45, 2.75) is 31.2 Å². The van der Waals surface area contributed by atoms with Crippen molar-refractivity contribution in [3.05, 3.63) is 52.3 Å². The number of fused-ring (bicyclic) bond motifs is 3. The van der Waals surface area contributed by atoms with Gasteiger partial charge < -0.3 is 14.8 Å². The van der Waals surface area contributed by atoms with E-state index in [-0.39, 0.29) is 5.91 Å². The maximum Gasteiger partial charge on any atom is 0.225 e. The summed E-state index contributed by atoms with van der Waals surface area (Å²) in [5, 5.41) is 10.0. The summed E-state index contributed by atoms with van der Waals surface area (Å²) in [5.74, 6) is 2.61. The van der Waals surface area contributed by atoms with Gasteiger partial charge in [-0.15, -0.1) is 11.3 Å². The van der Waals surface area contributed by atoms with E-state index in [0.29, 0.717) is 35.8 Å². The van der Waals surface area contributed by atoms with Gasteiger partial charge in [0.1, 0.15) is 0 Å². The van der Waals surface area contributed by atoms with Crippen LogP contribution in [0.25, 0.3) is 11.3 Å². The third kappa shape index (κ3) is 4.57. The fraction of sp³-hybridized carbons (Fsp3) is 0.462. The van der Waals surface area contributed by atoms with Crippen molar-refractivity contribution in [2.75, 3.05) is 33.9 Å². The zero-order chi connectivity index (χ0) is 23.7. The second kappa shape index (κ2) is 9.80. The molecule has 7 nitrogen and oxygen atoms in total. The summed E-state index contributed by atoms with van der Waals surface area (Å²) in [6.45, 7) is 2.85. The van der Waals surface area contributed by atoms with Crippen molar-refractivity contribution < 1.29 is 14.3 Å². The molecular formula is C26H32N4O3S. The van der Waals surface area contributed by atoms with Crippen molar-refractivity contribution in [2.24, 2.45) is 13.0 Å². The molecule has 3 aliphatic rings. The summed E-state index contributed by atoms with van der Waals surface area (Å²) in [6.07, 6.45) is 2.78. The number of benzene rings is 1. The number of nitrogens with zero attached hydrogens (tertiary/aromatic N) is 3. The van der Waals surface area contributed by atoms with Gasteiger partial charge >= 0.3 is 0 Å². The van der Waals surface area contributed by atoms with E-state index in [0.717, 1.165) is 42.2 Å². The molecule has 4 atom stereocenters. The van der Waals surface area contributed by atoms with Crippen LogP contribution in [0.3, 0.4) is 0 Å². The number of rotatable bonds is 8. The van der Waals surface area contributed by atoms with Gasteiger partial charge in [0.25, 0.3) is 0 Å². The van der Waals surface area contributed by atoms with Crippen molar-refractivity contribution >= 4 is 17.2 Å². The highest BCUT2D eigenvalue weighted by atomic mass is 32.1. The van der Waals surface area contributed by atoms with Crippen molar-refractivity contribution in [1.82, 2.24) is 20.0 Å². The minimum Gasteiger partial charge on any atom is -0.493 e. The Kier molecular flexibility index (Phi) is 6.61. The van der Waals surface area contributed by atoms with E-state index in [9.17, 15) is 4.79 Å². The van der Waals surface area contributed by atoms with Crippen LogP contribution in [0.4, 0.5) is 0 Å². The Hall–Kier alpha value is -2.84. The molecule has 0 saturated carbocycles. The van der Waals surface area contributed by atoms with Crippen LogP contribution in [0.5, 0.6) is 11.5 Å². The quantitative estimate of drug-likeness (QED) is 0.533. The molecule has 8 heteroatoms. The van der Waals surface area contributed by atoms with Crippen LogP contribution < -0.4 is 14.8 Å². The van der Waals surface area contributed by atoms with Gasteiger partial charge in [0.05, 0.1) is 26.3 Å². The Morgan fingerprint density at radius 3 is 2.76 bits per heavy atom. The van der Waals surface area contributed by atoms with Crippen LogP contribution >= 0.6 is 11.3 Å². The molecule has 1 unspecified atom stereocenters. The number of carbonyl (C=O) groups is 1. The maximum atomic E-state index is 12.4. The highest BCUT2D eigenvalue weighted by Crippen LogP contribution is 2.42. The van der Waals surface area contributed by atoms with E-state index < -0.39 is 0 Å². The predicted molar refractivity (Wildman–Crippen MR) is 134 cm³/mol. The second-order valence-corrected chi connectivity index (χ2v) is 10.3. The van der Waals surface area contributed by atoms with Gasteiger partial charge in [0, 0.05) is 48.2 Å². The van der Waals surface area contributed by atoms with Crippen LogP contribution in [0.15, 0.2) is 41.8 Å². The smallest absolute Gasteiger partial charge is 0.225 e. The van der Waals surface area contributed by atoms with E-state index >= 15 is 0 Å². The number of methoxy groups -OCH3 is 2. The molecule has 5 heterocycles. The molecule has 1 aromatic carbocycles. The maximum absolute atomic E-state index is 12.4. The van der Waals surface area contributed by atoms with E-state index in [2.05, 4.69) is 16.3 Å². The molecule has 34 heavy (non-hydrogen) atoms. The van der Waals surface area contributed by atoms with Gasteiger partial charge in [0.2, 0.25) is 5.91 Å². The fourth-order valence-corrected chi connectivity index (χ4v) is 6.22. The lowest BCUT2D eigenvalue weighted by molar-refractivity contribution is -0.120.